The third-order valence-corrected chi connectivity index (χ3v) is 6.86. The van der Waals surface area contributed by atoms with Gasteiger partial charge in [-0.05, 0) is 25.2 Å². The van der Waals surface area contributed by atoms with E-state index in [1.165, 1.54) is 16.6 Å². The van der Waals surface area contributed by atoms with Crippen LogP contribution in [0.15, 0.2) is 6.20 Å². The van der Waals surface area contributed by atoms with Crippen LogP contribution in [0.2, 0.25) is 0 Å². The topological polar surface area (TPSA) is 127 Å². The summed E-state index contributed by atoms with van der Waals surface area (Å²) in [4.78, 5) is 36.2. The van der Waals surface area contributed by atoms with E-state index in [2.05, 4.69) is 20.2 Å². The van der Waals surface area contributed by atoms with Gasteiger partial charge in [-0.25, -0.2) is 28.2 Å². The molecule has 2 aliphatic rings. The summed E-state index contributed by atoms with van der Waals surface area (Å²) in [6, 6.07) is -0.549. The van der Waals surface area contributed by atoms with Crippen molar-refractivity contribution in [3.63, 3.8) is 0 Å². The molecule has 0 spiro atoms. The molecule has 1 saturated heterocycles. The number of aliphatic carboxylic acids is 1. The average Bonchev–Trinajstić information content (AvgIpc) is 3.19. The molecule has 2 aromatic heterocycles. The lowest BCUT2D eigenvalue weighted by molar-refractivity contribution is -0.138. The molecule has 0 unspecified atom stereocenters. The Morgan fingerprint density at radius 1 is 1.33 bits per heavy atom. The molecule has 36 heavy (non-hydrogen) atoms. The lowest BCUT2D eigenvalue weighted by Crippen LogP contribution is -2.51. The fourth-order valence-corrected chi connectivity index (χ4v) is 4.73. The Hall–Kier alpha value is -3.38. The number of nitrogens with zero attached hydrogens (tertiary/aromatic N) is 7. The number of hydrogen-bond donors (Lipinski definition) is 1. The van der Waals surface area contributed by atoms with Crippen molar-refractivity contribution in [2.75, 3.05) is 25.0 Å². The summed E-state index contributed by atoms with van der Waals surface area (Å²) in [7, 11) is 3.11. The molecule has 1 saturated carbocycles. The Morgan fingerprint density at radius 2 is 2.08 bits per heavy atom. The maximum Gasteiger partial charge on any atom is 0.410 e. The minimum atomic E-state index is -2.73. The molecule has 1 N–H and O–H groups in total. The van der Waals surface area contributed by atoms with Crippen LogP contribution in [0.5, 0.6) is 0 Å². The highest BCUT2D eigenvalue weighted by Crippen LogP contribution is 2.40. The molecular formula is C23H31F2N7O4. The lowest BCUT2D eigenvalue weighted by Gasteiger charge is -2.40. The van der Waals surface area contributed by atoms with Crippen molar-refractivity contribution in [3.05, 3.63) is 17.6 Å². The monoisotopic (exact) mass is 507 g/mol. The summed E-state index contributed by atoms with van der Waals surface area (Å²) in [6.07, 6.45) is 2.65. The van der Waals surface area contributed by atoms with Crippen molar-refractivity contribution < 1.29 is 28.2 Å². The molecule has 11 nitrogen and oxygen atoms in total. The number of anilines is 1. The molecule has 1 amide bonds. The molecular weight excluding hydrogens is 476 g/mol. The number of ether oxygens (including phenoxy) is 1. The van der Waals surface area contributed by atoms with E-state index in [4.69, 9.17) is 14.8 Å². The van der Waals surface area contributed by atoms with Gasteiger partial charge in [-0.1, -0.05) is 12.1 Å². The number of piperidine rings is 1. The number of halogens is 2. The van der Waals surface area contributed by atoms with Gasteiger partial charge in [-0.3, -0.25) is 4.79 Å². The minimum Gasteiger partial charge on any atom is -0.481 e. The maximum absolute atomic E-state index is 13.2. The second kappa shape index (κ2) is 10.3. The Kier molecular flexibility index (Phi) is 7.36. The van der Waals surface area contributed by atoms with Gasteiger partial charge in [-0.15, -0.1) is 5.10 Å². The number of carbonyl (C=O) groups excluding carboxylic acids is 1. The SMILES string of the molecule is CCc1nc(-c2nnn(C)c2COC(=O)N(C)C2CC(F)(F)C2)cnc1N1CCC[C@H](CC(=O)O)C1. The van der Waals surface area contributed by atoms with E-state index in [0.29, 0.717) is 30.0 Å². The third kappa shape index (κ3) is 5.54. The van der Waals surface area contributed by atoms with Crippen LogP contribution in [0.4, 0.5) is 19.4 Å². The molecule has 196 valence electrons. The number of aryl methyl sites for hydroxylation is 2. The third-order valence-electron chi connectivity index (χ3n) is 6.86. The Bertz CT molecular complexity index is 1120. The fourth-order valence-electron chi connectivity index (χ4n) is 4.73. The summed E-state index contributed by atoms with van der Waals surface area (Å²) >= 11 is 0. The summed E-state index contributed by atoms with van der Waals surface area (Å²) < 4.78 is 33.2. The van der Waals surface area contributed by atoms with Gasteiger partial charge in [0.05, 0.1) is 11.9 Å². The van der Waals surface area contributed by atoms with Crippen LogP contribution in [0.3, 0.4) is 0 Å². The molecule has 0 bridgehead atoms. The van der Waals surface area contributed by atoms with Crippen molar-refractivity contribution in [2.45, 2.75) is 64.0 Å². The smallest absolute Gasteiger partial charge is 0.410 e. The molecule has 0 aromatic carbocycles. The van der Waals surface area contributed by atoms with E-state index in [1.807, 2.05) is 6.92 Å². The van der Waals surface area contributed by atoms with E-state index in [9.17, 15) is 18.4 Å². The van der Waals surface area contributed by atoms with Gasteiger partial charge >= 0.3 is 12.1 Å². The van der Waals surface area contributed by atoms with Gasteiger partial charge < -0.3 is 19.6 Å². The average molecular weight is 508 g/mol. The van der Waals surface area contributed by atoms with E-state index >= 15 is 0 Å². The Labute approximate surface area is 207 Å². The standard InChI is InChI=1S/C23H31F2N7O4/c1-4-16-21(32-7-5-6-14(12-32)8-19(33)34)26-11-17(27-16)20-18(31(3)29-28-20)13-36-22(35)30(2)15-9-23(24,25)10-15/h11,14-15H,4-10,12-13H2,1-3H3,(H,33,34)/t14-/m1/s1. The predicted octanol–water partition coefficient (Wildman–Crippen LogP) is 2.89. The Balaban J connectivity index is 1.47. The van der Waals surface area contributed by atoms with Gasteiger partial charge in [0.25, 0.3) is 5.92 Å². The molecule has 4 rings (SSSR count). The predicted molar refractivity (Wildman–Crippen MR) is 125 cm³/mol. The van der Waals surface area contributed by atoms with Crippen LogP contribution in [-0.4, -0.2) is 79.1 Å². The largest absolute Gasteiger partial charge is 0.481 e. The van der Waals surface area contributed by atoms with Crippen molar-refractivity contribution in [3.8, 4) is 11.4 Å². The lowest BCUT2D eigenvalue weighted by atomic mass is 9.87. The maximum atomic E-state index is 13.2. The van der Waals surface area contributed by atoms with Crippen molar-refractivity contribution in [1.29, 1.82) is 0 Å². The van der Waals surface area contributed by atoms with Crippen LogP contribution in [0.1, 0.15) is 50.4 Å². The van der Waals surface area contributed by atoms with E-state index < -0.39 is 24.0 Å². The summed E-state index contributed by atoms with van der Waals surface area (Å²) in [5, 5.41) is 17.4. The molecule has 13 heteroatoms. The normalized spacial score (nSPS) is 19.6. The van der Waals surface area contributed by atoms with Crippen LogP contribution in [-0.2, 0) is 29.6 Å². The highest BCUT2D eigenvalue weighted by atomic mass is 19.3. The fraction of sp³-hybridized carbons (Fsp3) is 0.652. The van der Waals surface area contributed by atoms with Gasteiger partial charge in [0.15, 0.2) is 0 Å². The van der Waals surface area contributed by atoms with Gasteiger partial charge in [0.1, 0.15) is 29.5 Å². The molecule has 3 heterocycles. The molecule has 1 aliphatic carbocycles. The molecule has 2 fully saturated rings. The number of carboxylic acids is 1. The summed E-state index contributed by atoms with van der Waals surface area (Å²) in [6.45, 7) is 3.21. The number of carboxylic acid groups (broad SMARTS) is 1. The quantitative estimate of drug-likeness (QED) is 0.574. The number of aromatic nitrogens is 5. The molecule has 1 atom stereocenters. The van der Waals surface area contributed by atoms with Crippen molar-refractivity contribution >= 4 is 17.9 Å². The molecule has 2 aromatic rings. The Morgan fingerprint density at radius 3 is 2.75 bits per heavy atom. The highest BCUT2D eigenvalue weighted by Gasteiger charge is 2.48. The zero-order valence-electron chi connectivity index (χ0n) is 20.7. The van der Waals surface area contributed by atoms with Crippen LogP contribution in [0.25, 0.3) is 11.4 Å². The number of rotatable bonds is 8. The highest BCUT2D eigenvalue weighted by molar-refractivity contribution is 5.68. The van der Waals surface area contributed by atoms with Crippen molar-refractivity contribution in [1.82, 2.24) is 29.9 Å². The second-order valence-corrected chi connectivity index (χ2v) is 9.52. The second-order valence-electron chi connectivity index (χ2n) is 9.52. The van der Waals surface area contributed by atoms with E-state index in [-0.39, 0.29) is 31.8 Å². The van der Waals surface area contributed by atoms with E-state index in [0.717, 1.165) is 30.9 Å². The van der Waals surface area contributed by atoms with Crippen molar-refractivity contribution in [2.24, 2.45) is 13.0 Å². The minimum absolute atomic E-state index is 0.0630. The first kappa shape index (κ1) is 25.7. The van der Waals surface area contributed by atoms with Crippen LogP contribution < -0.4 is 4.90 Å². The van der Waals surface area contributed by atoms with Gasteiger partial charge in [0.2, 0.25) is 0 Å². The van der Waals surface area contributed by atoms with E-state index in [1.54, 1.807) is 13.2 Å². The zero-order valence-corrected chi connectivity index (χ0v) is 20.7. The van der Waals surface area contributed by atoms with Crippen LogP contribution >= 0.6 is 0 Å². The first-order chi connectivity index (χ1) is 17.1. The molecule has 0 radical (unpaired) electrons. The van der Waals surface area contributed by atoms with Crippen LogP contribution in [0, 0.1) is 5.92 Å². The zero-order chi connectivity index (χ0) is 26.0. The number of amides is 1. The first-order valence-corrected chi connectivity index (χ1v) is 12.1. The summed E-state index contributed by atoms with van der Waals surface area (Å²) in [5.74, 6) is -2.74. The molecule has 1 aliphatic heterocycles. The van der Waals surface area contributed by atoms with Gasteiger partial charge in [0, 0.05) is 52.5 Å². The number of carbonyl (C=O) groups is 2. The first-order valence-electron chi connectivity index (χ1n) is 12.1. The van der Waals surface area contributed by atoms with Gasteiger partial charge in [-0.2, -0.15) is 0 Å². The summed E-state index contributed by atoms with van der Waals surface area (Å²) in [5.41, 5.74) is 2.14. The number of hydrogen-bond acceptors (Lipinski definition) is 8. The number of alkyl halides is 2.